The molecule has 2 aliphatic rings. The molecule has 1 aromatic rings. The van der Waals surface area contributed by atoms with E-state index in [1.807, 2.05) is 0 Å². The van der Waals surface area contributed by atoms with Crippen molar-refractivity contribution in [2.24, 2.45) is 0 Å². The summed E-state index contributed by atoms with van der Waals surface area (Å²) in [5.74, 6) is -0.400. The molecule has 10 nitrogen and oxygen atoms in total. The van der Waals surface area contributed by atoms with Crippen LogP contribution in [-0.2, 0) is 14.2 Å². The lowest BCUT2D eigenvalue weighted by atomic mass is 9.98. The predicted molar refractivity (Wildman–Crippen MR) is 61.8 cm³/mol. The summed E-state index contributed by atoms with van der Waals surface area (Å²) in [5, 5.41) is 39.4. The maximum Gasteiger partial charge on any atom is 0.433 e. The van der Waals surface area contributed by atoms with Crippen LogP contribution in [0.25, 0.3) is 0 Å². The fourth-order valence-corrected chi connectivity index (χ4v) is 2.30. The summed E-state index contributed by atoms with van der Waals surface area (Å²) < 4.78 is 20.7. The Labute approximate surface area is 117 Å². The molecule has 0 bridgehead atoms. The Morgan fingerprint density at radius 1 is 1.19 bits per heavy atom. The van der Waals surface area contributed by atoms with Crippen LogP contribution in [0.3, 0.4) is 0 Å². The Kier molecular flexibility index (Phi) is 3.65. The number of nitro groups is 1. The molecule has 2 aliphatic heterocycles. The minimum atomic E-state index is -1.53. The molecule has 2 fully saturated rings. The molecule has 0 saturated carbocycles. The Balaban J connectivity index is 1.75. The number of furan rings is 1. The van der Waals surface area contributed by atoms with Crippen molar-refractivity contribution in [3.8, 4) is 0 Å². The molecule has 0 spiro atoms. The van der Waals surface area contributed by atoms with E-state index in [1.165, 1.54) is 6.07 Å². The van der Waals surface area contributed by atoms with Crippen molar-refractivity contribution in [2.75, 3.05) is 6.61 Å². The Bertz CT molecular complexity index is 530. The zero-order valence-electron chi connectivity index (χ0n) is 10.6. The van der Waals surface area contributed by atoms with E-state index < -0.39 is 47.8 Å². The summed E-state index contributed by atoms with van der Waals surface area (Å²) in [6, 6.07) is 2.48. The maximum atomic E-state index is 10.6. The van der Waals surface area contributed by atoms with Crippen LogP contribution in [0.5, 0.6) is 0 Å². The second-order valence-electron chi connectivity index (χ2n) is 4.75. The van der Waals surface area contributed by atoms with Gasteiger partial charge in [0.2, 0.25) is 6.29 Å². The topological polar surface area (TPSA) is 145 Å². The summed E-state index contributed by atoms with van der Waals surface area (Å²) in [5.41, 5.74) is 0. The van der Waals surface area contributed by atoms with Gasteiger partial charge in [0.1, 0.15) is 29.3 Å². The van der Waals surface area contributed by atoms with Gasteiger partial charge >= 0.3 is 5.88 Å². The van der Waals surface area contributed by atoms with Crippen LogP contribution in [0.1, 0.15) is 12.1 Å². The minimum Gasteiger partial charge on any atom is -0.400 e. The molecule has 0 radical (unpaired) electrons. The minimum absolute atomic E-state index is 0.0370. The van der Waals surface area contributed by atoms with Crippen molar-refractivity contribution < 1.29 is 38.9 Å². The molecule has 1 aromatic heterocycles. The summed E-state index contributed by atoms with van der Waals surface area (Å²) in [4.78, 5) is 9.86. The molecular weight excluding hydrogens is 290 g/mol. The van der Waals surface area contributed by atoms with E-state index in [1.54, 1.807) is 0 Å². The van der Waals surface area contributed by atoms with Crippen molar-refractivity contribution in [1.82, 2.24) is 0 Å². The Morgan fingerprint density at radius 2 is 1.95 bits per heavy atom. The van der Waals surface area contributed by atoms with E-state index in [-0.39, 0.29) is 12.4 Å². The molecule has 3 N–H and O–H groups in total. The number of aliphatic hydroxyl groups excluding tert-OH is 3. The zero-order valence-corrected chi connectivity index (χ0v) is 10.6. The van der Waals surface area contributed by atoms with E-state index in [0.29, 0.717) is 0 Å². The molecule has 10 heteroatoms. The van der Waals surface area contributed by atoms with Crippen LogP contribution in [0.2, 0.25) is 0 Å². The van der Waals surface area contributed by atoms with Gasteiger partial charge in [-0.15, -0.1) is 0 Å². The molecular formula is C11H13NO9. The monoisotopic (exact) mass is 303 g/mol. The van der Waals surface area contributed by atoms with Gasteiger partial charge in [-0.25, -0.2) is 0 Å². The highest BCUT2D eigenvalue weighted by molar-refractivity contribution is 5.18. The van der Waals surface area contributed by atoms with Crippen LogP contribution in [0.4, 0.5) is 5.88 Å². The highest BCUT2D eigenvalue weighted by Crippen LogP contribution is 2.35. The van der Waals surface area contributed by atoms with Gasteiger partial charge in [0.15, 0.2) is 12.1 Å². The first-order chi connectivity index (χ1) is 9.97. The first-order valence-corrected chi connectivity index (χ1v) is 6.18. The zero-order chi connectivity index (χ0) is 15.1. The lowest BCUT2D eigenvalue weighted by Gasteiger charge is -2.44. The van der Waals surface area contributed by atoms with E-state index in [2.05, 4.69) is 0 Å². The third-order valence-electron chi connectivity index (χ3n) is 3.38. The predicted octanol–water partition coefficient (Wildman–Crippen LogP) is -0.959. The van der Waals surface area contributed by atoms with Gasteiger partial charge in [-0.05, 0) is 6.07 Å². The van der Waals surface area contributed by atoms with Crippen molar-refractivity contribution in [3.05, 3.63) is 28.0 Å². The van der Waals surface area contributed by atoms with Crippen LogP contribution in [-0.4, -0.2) is 57.6 Å². The van der Waals surface area contributed by atoms with Crippen molar-refractivity contribution in [3.63, 3.8) is 0 Å². The quantitative estimate of drug-likeness (QED) is 0.464. The van der Waals surface area contributed by atoms with Gasteiger partial charge < -0.3 is 33.9 Å². The number of hydrogen-bond donors (Lipinski definition) is 3. The standard InChI is InChI=1S/C11H13NO9/c13-7-8(14)10(15)20-5-3-18-11(21-9(5)7)4-1-2-6(19-4)12(16)17/h1-2,5,7-11,13-15H,3H2/t5-,7-,8-,9-,10?,11-/m1/s1. The molecule has 21 heavy (non-hydrogen) atoms. The van der Waals surface area contributed by atoms with Gasteiger partial charge in [0.25, 0.3) is 0 Å². The number of rotatable bonds is 2. The fraction of sp³-hybridized carbons (Fsp3) is 0.636. The third kappa shape index (κ3) is 2.52. The van der Waals surface area contributed by atoms with Crippen molar-refractivity contribution in [2.45, 2.75) is 37.0 Å². The Morgan fingerprint density at radius 3 is 2.62 bits per heavy atom. The maximum absolute atomic E-state index is 10.6. The van der Waals surface area contributed by atoms with Crippen molar-refractivity contribution >= 4 is 5.88 Å². The van der Waals surface area contributed by atoms with Gasteiger partial charge in [-0.3, -0.25) is 10.1 Å². The molecule has 3 rings (SSSR count). The van der Waals surface area contributed by atoms with Crippen LogP contribution >= 0.6 is 0 Å². The highest BCUT2D eigenvalue weighted by Gasteiger charge is 2.48. The molecule has 0 aliphatic carbocycles. The van der Waals surface area contributed by atoms with Crippen LogP contribution in [0.15, 0.2) is 16.5 Å². The normalized spacial score (nSPS) is 39.8. The SMILES string of the molecule is O=[N+]([O-])c1ccc([C@@H]2OC[C@H]3OC(O)[C@H](O)[C@@H](O)[C@@H]3O2)o1. The van der Waals surface area contributed by atoms with Gasteiger partial charge in [0.05, 0.1) is 12.7 Å². The van der Waals surface area contributed by atoms with E-state index in [0.717, 1.165) is 6.07 Å². The third-order valence-corrected chi connectivity index (χ3v) is 3.38. The average Bonchev–Trinajstić information content (AvgIpc) is 2.95. The lowest BCUT2D eigenvalue weighted by molar-refractivity contribution is -0.404. The van der Waals surface area contributed by atoms with E-state index >= 15 is 0 Å². The molecule has 6 atom stereocenters. The average molecular weight is 303 g/mol. The lowest BCUT2D eigenvalue weighted by Crippen LogP contribution is -2.61. The first-order valence-electron chi connectivity index (χ1n) is 6.18. The number of ether oxygens (including phenoxy) is 3. The van der Waals surface area contributed by atoms with Gasteiger partial charge in [-0.1, -0.05) is 0 Å². The van der Waals surface area contributed by atoms with Crippen molar-refractivity contribution in [1.29, 1.82) is 0 Å². The summed E-state index contributed by atoms with van der Waals surface area (Å²) in [7, 11) is 0. The van der Waals surface area contributed by atoms with Crippen LogP contribution < -0.4 is 0 Å². The second kappa shape index (κ2) is 5.33. The number of nitrogens with zero attached hydrogens (tertiary/aromatic N) is 1. The van der Waals surface area contributed by atoms with Crippen LogP contribution in [0, 0.1) is 10.1 Å². The molecule has 0 aromatic carbocycles. The number of hydrogen-bond acceptors (Lipinski definition) is 9. The van der Waals surface area contributed by atoms with E-state index in [9.17, 15) is 25.4 Å². The van der Waals surface area contributed by atoms with Gasteiger partial charge in [0, 0.05) is 0 Å². The molecule has 1 unspecified atom stereocenters. The molecule has 2 saturated heterocycles. The molecule has 0 amide bonds. The molecule has 116 valence electrons. The highest BCUT2D eigenvalue weighted by atomic mass is 16.7. The first kappa shape index (κ1) is 14.4. The fourth-order valence-electron chi connectivity index (χ4n) is 2.30. The largest absolute Gasteiger partial charge is 0.433 e. The van der Waals surface area contributed by atoms with Gasteiger partial charge in [-0.2, -0.15) is 0 Å². The summed E-state index contributed by atoms with van der Waals surface area (Å²) in [6.45, 7) is -0.0370. The number of aliphatic hydroxyl groups is 3. The molecule has 3 heterocycles. The smallest absolute Gasteiger partial charge is 0.400 e. The summed E-state index contributed by atoms with van der Waals surface area (Å²) in [6.07, 6.45) is -7.22. The van der Waals surface area contributed by atoms with E-state index in [4.69, 9.17) is 18.6 Å². The summed E-state index contributed by atoms with van der Waals surface area (Å²) >= 11 is 0. The number of fused-ring (bicyclic) bond motifs is 1. The Hall–Kier alpha value is -1.56. The second-order valence-corrected chi connectivity index (χ2v) is 4.75.